The minimum absolute atomic E-state index is 0.408. The first kappa shape index (κ1) is 9.91. The van der Waals surface area contributed by atoms with Crippen LogP contribution in [0.3, 0.4) is 0 Å². The second-order valence-corrected chi connectivity index (χ2v) is 5.12. The summed E-state index contributed by atoms with van der Waals surface area (Å²) < 4.78 is 22.7. The van der Waals surface area contributed by atoms with E-state index in [0.717, 1.165) is 17.3 Å². The van der Waals surface area contributed by atoms with Crippen LogP contribution < -0.4 is 5.30 Å². The Hall–Kier alpha value is -0.630. The first-order chi connectivity index (χ1) is 6.76. The Bertz CT molecular complexity index is 375. The molecule has 1 aliphatic rings. The minimum atomic E-state index is -3.00. The second kappa shape index (κ2) is 3.85. The summed E-state index contributed by atoms with van der Waals surface area (Å²) in [5.74, 6) is 0. The van der Waals surface area contributed by atoms with E-state index < -0.39 is 7.60 Å². The lowest BCUT2D eigenvalue weighted by atomic mass is 10.2. The molecule has 4 heteroatoms. The van der Waals surface area contributed by atoms with Crippen molar-refractivity contribution < 1.29 is 13.6 Å². The van der Waals surface area contributed by atoms with Crippen LogP contribution in [0.15, 0.2) is 24.3 Å². The van der Waals surface area contributed by atoms with Gasteiger partial charge in [-0.2, -0.15) is 0 Å². The number of hydrogen-bond acceptors (Lipinski definition) is 3. The molecule has 0 spiro atoms. The molecule has 1 heterocycles. The van der Waals surface area contributed by atoms with E-state index in [1.807, 2.05) is 31.2 Å². The third kappa shape index (κ3) is 1.63. The minimum Gasteiger partial charge on any atom is -0.305 e. The Morgan fingerprint density at radius 3 is 3.07 bits per heavy atom. The molecule has 1 aromatic carbocycles. The van der Waals surface area contributed by atoms with Crippen LogP contribution in [-0.2, 0) is 20.0 Å². The maximum Gasteiger partial charge on any atom is 0.361 e. The summed E-state index contributed by atoms with van der Waals surface area (Å²) in [5.41, 5.74) is 1.08. The van der Waals surface area contributed by atoms with Gasteiger partial charge in [0, 0.05) is 0 Å². The van der Waals surface area contributed by atoms with Gasteiger partial charge in [0.2, 0.25) is 0 Å². The maximum atomic E-state index is 12.2. The zero-order valence-corrected chi connectivity index (χ0v) is 9.00. The average molecular weight is 212 g/mol. The summed E-state index contributed by atoms with van der Waals surface area (Å²) in [5, 5.41) is 0.730. The van der Waals surface area contributed by atoms with Gasteiger partial charge in [-0.25, -0.2) is 0 Å². The van der Waals surface area contributed by atoms with E-state index in [0.29, 0.717) is 13.2 Å². The van der Waals surface area contributed by atoms with Crippen LogP contribution in [0.1, 0.15) is 12.5 Å². The van der Waals surface area contributed by atoms with Crippen LogP contribution in [-0.4, -0.2) is 13.2 Å². The van der Waals surface area contributed by atoms with Crippen molar-refractivity contribution >= 4 is 12.9 Å². The average Bonchev–Trinajstić information content (AvgIpc) is 2.19. The zero-order valence-electron chi connectivity index (χ0n) is 8.10. The highest BCUT2D eigenvalue weighted by Crippen LogP contribution is 2.49. The SMILES string of the molecule is CCOP1(=O)OCCc2ccccc21. The van der Waals surface area contributed by atoms with Crippen molar-refractivity contribution in [3.8, 4) is 0 Å². The molecule has 0 fully saturated rings. The number of rotatable bonds is 2. The van der Waals surface area contributed by atoms with Crippen molar-refractivity contribution in [3.63, 3.8) is 0 Å². The molecule has 0 aliphatic carbocycles. The predicted molar refractivity (Wildman–Crippen MR) is 55.0 cm³/mol. The Labute approximate surface area is 83.6 Å². The molecule has 1 atom stereocenters. The van der Waals surface area contributed by atoms with Crippen molar-refractivity contribution in [2.75, 3.05) is 13.2 Å². The van der Waals surface area contributed by atoms with E-state index in [2.05, 4.69) is 0 Å². The Balaban J connectivity index is 2.44. The summed E-state index contributed by atoms with van der Waals surface area (Å²) in [7, 11) is -3.00. The smallest absolute Gasteiger partial charge is 0.305 e. The Kier molecular flexibility index (Phi) is 2.73. The fourth-order valence-corrected chi connectivity index (χ4v) is 3.44. The standard InChI is InChI=1S/C10H13O3P/c1-2-12-14(11)10-6-4-3-5-9(10)7-8-13-14/h3-6H,2,7-8H2,1H3. The van der Waals surface area contributed by atoms with Gasteiger partial charge >= 0.3 is 7.60 Å². The van der Waals surface area contributed by atoms with Gasteiger partial charge in [-0.3, -0.25) is 4.57 Å². The molecule has 0 bridgehead atoms. The molecule has 0 amide bonds. The molecule has 3 nitrogen and oxygen atoms in total. The van der Waals surface area contributed by atoms with E-state index in [1.165, 1.54) is 0 Å². The maximum absolute atomic E-state index is 12.2. The van der Waals surface area contributed by atoms with Crippen LogP contribution >= 0.6 is 7.60 Å². The van der Waals surface area contributed by atoms with Gasteiger partial charge < -0.3 is 9.05 Å². The van der Waals surface area contributed by atoms with E-state index in [4.69, 9.17) is 9.05 Å². The first-order valence-corrected chi connectivity index (χ1v) is 6.28. The highest BCUT2D eigenvalue weighted by atomic mass is 31.2. The number of benzene rings is 1. The van der Waals surface area contributed by atoms with Crippen LogP contribution in [0.5, 0.6) is 0 Å². The summed E-state index contributed by atoms with van der Waals surface area (Å²) in [4.78, 5) is 0. The topological polar surface area (TPSA) is 35.5 Å². The number of hydrogen-bond donors (Lipinski definition) is 0. The molecular weight excluding hydrogens is 199 g/mol. The van der Waals surface area contributed by atoms with Crippen LogP contribution in [0.4, 0.5) is 0 Å². The van der Waals surface area contributed by atoms with Crippen LogP contribution in [0.25, 0.3) is 0 Å². The lowest BCUT2D eigenvalue weighted by molar-refractivity contribution is 0.218. The highest BCUT2D eigenvalue weighted by Gasteiger charge is 2.32. The van der Waals surface area contributed by atoms with E-state index >= 15 is 0 Å². The predicted octanol–water partition coefficient (Wildman–Crippen LogP) is 2.11. The van der Waals surface area contributed by atoms with Gasteiger partial charge in [-0.15, -0.1) is 0 Å². The van der Waals surface area contributed by atoms with E-state index in [1.54, 1.807) is 0 Å². The molecule has 1 unspecified atom stereocenters. The lowest BCUT2D eigenvalue weighted by Crippen LogP contribution is -2.22. The summed E-state index contributed by atoms with van der Waals surface area (Å²) in [6.45, 7) is 2.71. The van der Waals surface area contributed by atoms with E-state index in [9.17, 15) is 4.57 Å². The summed E-state index contributed by atoms with van der Waals surface area (Å²) >= 11 is 0. The molecule has 0 N–H and O–H groups in total. The molecule has 2 rings (SSSR count). The van der Waals surface area contributed by atoms with Gasteiger partial charge in [-0.1, -0.05) is 18.2 Å². The second-order valence-electron chi connectivity index (χ2n) is 3.13. The quantitative estimate of drug-likeness (QED) is 0.704. The number of fused-ring (bicyclic) bond motifs is 1. The molecule has 1 aromatic rings. The third-order valence-corrected chi connectivity index (χ3v) is 4.37. The largest absolute Gasteiger partial charge is 0.361 e. The molecular formula is C10H13O3P. The third-order valence-electron chi connectivity index (χ3n) is 2.22. The van der Waals surface area contributed by atoms with Crippen molar-refractivity contribution in [1.29, 1.82) is 0 Å². The normalized spacial score (nSPS) is 25.8. The fourth-order valence-electron chi connectivity index (χ4n) is 1.61. The van der Waals surface area contributed by atoms with Crippen molar-refractivity contribution in [3.05, 3.63) is 29.8 Å². The van der Waals surface area contributed by atoms with Gasteiger partial charge in [0.1, 0.15) is 0 Å². The van der Waals surface area contributed by atoms with Gasteiger partial charge in [-0.05, 0) is 25.0 Å². The molecule has 0 saturated heterocycles. The fraction of sp³-hybridized carbons (Fsp3) is 0.400. The van der Waals surface area contributed by atoms with Crippen LogP contribution in [0, 0.1) is 0 Å². The van der Waals surface area contributed by atoms with Gasteiger partial charge in [0.15, 0.2) is 0 Å². The molecule has 14 heavy (non-hydrogen) atoms. The highest BCUT2D eigenvalue weighted by molar-refractivity contribution is 7.62. The van der Waals surface area contributed by atoms with Crippen LogP contribution in [0.2, 0.25) is 0 Å². The monoisotopic (exact) mass is 212 g/mol. The van der Waals surface area contributed by atoms with Gasteiger partial charge in [0.05, 0.1) is 18.5 Å². The zero-order chi connectivity index (χ0) is 10.0. The molecule has 0 radical (unpaired) electrons. The van der Waals surface area contributed by atoms with E-state index in [-0.39, 0.29) is 0 Å². The Morgan fingerprint density at radius 2 is 2.29 bits per heavy atom. The summed E-state index contributed by atoms with van der Waals surface area (Å²) in [6.07, 6.45) is 0.813. The van der Waals surface area contributed by atoms with Gasteiger partial charge in [0.25, 0.3) is 0 Å². The molecule has 0 aromatic heterocycles. The molecule has 76 valence electrons. The molecule has 1 aliphatic heterocycles. The van der Waals surface area contributed by atoms with Crippen molar-refractivity contribution in [2.24, 2.45) is 0 Å². The van der Waals surface area contributed by atoms with Crippen molar-refractivity contribution in [1.82, 2.24) is 0 Å². The lowest BCUT2D eigenvalue weighted by Gasteiger charge is -2.24. The summed E-state index contributed by atoms with van der Waals surface area (Å²) in [6, 6.07) is 7.61. The Morgan fingerprint density at radius 1 is 1.50 bits per heavy atom. The first-order valence-electron chi connectivity index (χ1n) is 4.74. The van der Waals surface area contributed by atoms with Crippen molar-refractivity contribution in [2.45, 2.75) is 13.3 Å². The molecule has 0 saturated carbocycles.